The van der Waals surface area contributed by atoms with Gasteiger partial charge in [0.05, 0.1) is 22.3 Å². The van der Waals surface area contributed by atoms with Gasteiger partial charge in [-0.1, -0.05) is 24.3 Å². The van der Waals surface area contributed by atoms with Crippen molar-refractivity contribution in [3.63, 3.8) is 0 Å². The number of anilines is 1. The van der Waals surface area contributed by atoms with Crippen molar-refractivity contribution in [3.8, 4) is 11.4 Å². The number of hydrogen-bond acceptors (Lipinski definition) is 3. The maximum atomic E-state index is 13.1. The summed E-state index contributed by atoms with van der Waals surface area (Å²) in [6.45, 7) is 0. The molecule has 0 atom stereocenters. The molecule has 120 valence electrons. The molecule has 6 heteroatoms. The van der Waals surface area contributed by atoms with Crippen molar-refractivity contribution in [3.05, 3.63) is 65.6 Å². The molecule has 0 saturated heterocycles. The highest BCUT2D eigenvalue weighted by Gasteiger charge is 2.19. The zero-order valence-corrected chi connectivity index (χ0v) is 13.1. The summed E-state index contributed by atoms with van der Waals surface area (Å²) in [5.74, 6) is 0.920. The Balaban J connectivity index is 1.81. The molecule has 0 aliphatic heterocycles. The van der Waals surface area contributed by atoms with E-state index in [0.29, 0.717) is 12.2 Å². The minimum atomic E-state index is -0.251. The van der Waals surface area contributed by atoms with E-state index in [2.05, 4.69) is 10.2 Å². The normalized spacial score (nSPS) is 11.2. The first-order valence-electron chi connectivity index (χ1n) is 7.62. The Kier molecular flexibility index (Phi) is 3.30. The predicted molar refractivity (Wildman–Crippen MR) is 91.9 cm³/mol. The van der Waals surface area contributed by atoms with Gasteiger partial charge in [0, 0.05) is 13.5 Å². The van der Waals surface area contributed by atoms with E-state index < -0.39 is 0 Å². The second-order valence-corrected chi connectivity index (χ2v) is 5.75. The highest BCUT2D eigenvalue weighted by Crippen LogP contribution is 2.30. The fourth-order valence-corrected chi connectivity index (χ4v) is 2.95. The molecular formula is C18H16FN5. The number of aryl methyl sites for hydroxylation is 1. The first-order valence-corrected chi connectivity index (χ1v) is 7.62. The fraction of sp³-hybridized carbons (Fsp3) is 0.111. The van der Waals surface area contributed by atoms with Crippen molar-refractivity contribution in [1.29, 1.82) is 0 Å². The van der Waals surface area contributed by atoms with Gasteiger partial charge in [-0.15, -0.1) is 0 Å². The summed E-state index contributed by atoms with van der Waals surface area (Å²) in [4.78, 5) is 4.69. The van der Waals surface area contributed by atoms with Crippen molar-refractivity contribution >= 4 is 16.9 Å². The lowest BCUT2D eigenvalue weighted by Crippen LogP contribution is -1.99. The van der Waals surface area contributed by atoms with Crippen molar-refractivity contribution in [2.45, 2.75) is 6.42 Å². The van der Waals surface area contributed by atoms with Crippen LogP contribution in [0.15, 0.2) is 48.5 Å². The quantitative estimate of drug-likeness (QED) is 0.608. The molecule has 0 spiro atoms. The Morgan fingerprint density at radius 1 is 1.12 bits per heavy atom. The maximum Gasteiger partial charge on any atom is 0.156 e. The van der Waals surface area contributed by atoms with E-state index in [4.69, 9.17) is 10.7 Å². The lowest BCUT2D eigenvalue weighted by atomic mass is 10.1. The molecule has 0 fully saturated rings. The van der Waals surface area contributed by atoms with E-state index in [1.807, 2.05) is 35.9 Å². The largest absolute Gasteiger partial charge is 0.382 e. The first kappa shape index (κ1) is 14.4. The van der Waals surface area contributed by atoms with Crippen molar-refractivity contribution in [1.82, 2.24) is 19.7 Å². The SMILES string of the molecule is Cn1c(-c2c(N)n[nH]c2Cc2ccc(F)cc2)nc2ccccc21. The number of nitrogen functional groups attached to an aromatic ring is 1. The number of para-hydroxylation sites is 2. The van der Waals surface area contributed by atoms with Crippen molar-refractivity contribution < 1.29 is 4.39 Å². The molecule has 0 aliphatic rings. The van der Waals surface area contributed by atoms with Gasteiger partial charge in [0.2, 0.25) is 0 Å². The van der Waals surface area contributed by atoms with Crippen molar-refractivity contribution in [2.24, 2.45) is 7.05 Å². The van der Waals surface area contributed by atoms with Gasteiger partial charge in [-0.25, -0.2) is 9.37 Å². The average Bonchev–Trinajstić information content (AvgIpc) is 3.10. The number of nitrogens with one attached hydrogen (secondary N) is 1. The standard InChI is InChI=1S/C18H16FN5/c1-24-15-5-3-2-4-13(15)21-18(24)16-14(22-23-17(16)20)10-11-6-8-12(19)9-7-11/h2-9H,10H2,1H3,(H3,20,22,23). The highest BCUT2D eigenvalue weighted by atomic mass is 19.1. The number of aromatic amines is 1. The molecule has 5 nitrogen and oxygen atoms in total. The average molecular weight is 321 g/mol. The fourth-order valence-electron chi connectivity index (χ4n) is 2.95. The van der Waals surface area contributed by atoms with E-state index in [1.54, 1.807) is 12.1 Å². The van der Waals surface area contributed by atoms with E-state index in [1.165, 1.54) is 12.1 Å². The number of nitrogens with two attached hydrogens (primary N) is 1. The van der Waals surface area contributed by atoms with Crippen LogP contribution in [0.5, 0.6) is 0 Å². The number of rotatable bonds is 3. The van der Waals surface area contributed by atoms with Crippen LogP contribution in [0.2, 0.25) is 0 Å². The molecule has 3 N–H and O–H groups in total. The number of aromatic nitrogens is 4. The van der Waals surface area contributed by atoms with Crippen LogP contribution in [0.1, 0.15) is 11.3 Å². The van der Waals surface area contributed by atoms with Gasteiger partial charge >= 0.3 is 0 Å². The maximum absolute atomic E-state index is 13.1. The lowest BCUT2D eigenvalue weighted by molar-refractivity contribution is 0.627. The van der Waals surface area contributed by atoms with Crippen LogP contribution in [0.3, 0.4) is 0 Å². The third-order valence-corrected chi connectivity index (χ3v) is 4.17. The number of nitrogens with zero attached hydrogens (tertiary/aromatic N) is 3. The lowest BCUT2D eigenvalue weighted by Gasteiger charge is -2.05. The molecule has 0 aliphatic carbocycles. The second kappa shape index (κ2) is 5.49. The Labute approximate surface area is 137 Å². The van der Waals surface area contributed by atoms with Gasteiger partial charge in [-0.2, -0.15) is 5.10 Å². The smallest absolute Gasteiger partial charge is 0.156 e. The summed E-state index contributed by atoms with van der Waals surface area (Å²) in [5, 5.41) is 7.13. The third kappa shape index (κ3) is 2.32. The van der Waals surface area contributed by atoms with E-state index >= 15 is 0 Å². The predicted octanol–water partition coefficient (Wildman–Crippen LogP) is 3.28. The van der Waals surface area contributed by atoms with Crippen LogP contribution >= 0.6 is 0 Å². The Morgan fingerprint density at radius 3 is 2.62 bits per heavy atom. The third-order valence-electron chi connectivity index (χ3n) is 4.17. The monoisotopic (exact) mass is 321 g/mol. The molecule has 2 heterocycles. The topological polar surface area (TPSA) is 72.5 Å². The molecule has 4 aromatic rings. The number of hydrogen-bond donors (Lipinski definition) is 2. The van der Waals surface area contributed by atoms with Gasteiger partial charge < -0.3 is 10.3 Å². The van der Waals surface area contributed by atoms with Gasteiger partial charge in [-0.05, 0) is 29.8 Å². The zero-order valence-electron chi connectivity index (χ0n) is 13.1. The summed E-state index contributed by atoms with van der Waals surface area (Å²) >= 11 is 0. The minimum Gasteiger partial charge on any atom is -0.382 e. The molecule has 0 amide bonds. The highest BCUT2D eigenvalue weighted by molar-refractivity contribution is 5.83. The summed E-state index contributed by atoms with van der Waals surface area (Å²) in [6.07, 6.45) is 0.572. The van der Waals surface area contributed by atoms with Crippen LogP contribution in [0, 0.1) is 5.82 Å². The first-order chi connectivity index (χ1) is 11.6. The van der Waals surface area contributed by atoms with Gasteiger partial charge in [0.1, 0.15) is 11.6 Å². The van der Waals surface area contributed by atoms with Crippen molar-refractivity contribution in [2.75, 3.05) is 5.73 Å². The van der Waals surface area contributed by atoms with Gasteiger partial charge in [0.15, 0.2) is 5.82 Å². The Morgan fingerprint density at radius 2 is 1.88 bits per heavy atom. The van der Waals surface area contributed by atoms with Gasteiger partial charge in [-0.3, -0.25) is 5.10 Å². The summed E-state index contributed by atoms with van der Waals surface area (Å²) in [6, 6.07) is 14.3. The number of fused-ring (bicyclic) bond motifs is 1. The molecule has 0 saturated carbocycles. The molecule has 4 rings (SSSR count). The Bertz CT molecular complexity index is 1010. The number of halogens is 1. The second-order valence-electron chi connectivity index (χ2n) is 5.75. The Hall–Kier alpha value is -3.15. The molecule has 0 bridgehead atoms. The molecule has 0 radical (unpaired) electrons. The summed E-state index contributed by atoms with van der Waals surface area (Å²) in [7, 11) is 1.96. The van der Waals surface area contributed by atoms with Crippen LogP contribution in [-0.4, -0.2) is 19.7 Å². The summed E-state index contributed by atoms with van der Waals surface area (Å²) < 4.78 is 15.1. The minimum absolute atomic E-state index is 0.251. The number of benzene rings is 2. The van der Waals surface area contributed by atoms with Crippen LogP contribution in [0.4, 0.5) is 10.2 Å². The van der Waals surface area contributed by atoms with Crippen LogP contribution in [-0.2, 0) is 13.5 Å². The summed E-state index contributed by atoms with van der Waals surface area (Å²) in [5.41, 5.74) is 10.6. The molecule has 24 heavy (non-hydrogen) atoms. The van der Waals surface area contributed by atoms with Gasteiger partial charge in [0.25, 0.3) is 0 Å². The van der Waals surface area contributed by atoms with E-state index in [0.717, 1.165) is 33.7 Å². The molecule has 2 aromatic heterocycles. The van der Waals surface area contributed by atoms with E-state index in [-0.39, 0.29) is 5.82 Å². The molecule has 2 aromatic carbocycles. The van der Waals surface area contributed by atoms with Crippen LogP contribution < -0.4 is 5.73 Å². The molecule has 0 unspecified atom stereocenters. The number of H-pyrrole nitrogens is 1. The van der Waals surface area contributed by atoms with Crippen LogP contribution in [0.25, 0.3) is 22.4 Å². The van der Waals surface area contributed by atoms with E-state index in [9.17, 15) is 4.39 Å². The number of imidazole rings is 1. The zero-order chi connectivity index (χ0) is 16.7. The molecular weight excluding hydrogens is 305 g/mol.